The van der Waals surface area contributed by atoms with E-state index in [-0.39, 0.29) is 11.8 Å². The summed E-state index contributed by atoms with van der Waals surface area (Å²) >= 11 is 0. The Morgan fingerprint density at radius 2 is 1.33 bits per heavy atom. The molecule has 0 radical (unpaired) electrons. The van der Waals surface area contributed by atoms with Crippen LogP contribution in [0.4, 0.5) is 11.4 Å². The minimum Gasteiger partial charge on any atom is -0.492 e. The zero-order valence-corrected chi connectivity index (χ0v) is 14.6. The Morgan fingerprint density at radius 1 is 0.741 bits per heavy atom. The Bertz CT molecular complexity index is 951. The van der Waals surface area contributed by atoms with E-state index < -0.39 is 0 Å². The molecule has 0 unspecified atom stereocenters. The van der Waals surface area contributed by atoms with Gasteiger partial charge < -0.3 is 10.1 Å². The topological polar surface area (TPSA) is 58.6 Å². The third kappa shape index (κ3) is 3.27. The summed E-state index contributed by atoms with van der Waals surface area (Å²) in [6, 6.07) is 23.7. The highest BCUT2D eigenvalue weighted by molar-refractivity contribution is 6.35. The summed E-state index contributed by atoms with van der Waals surface area (Å²) in [7, 11) is 0. The summed E-state index contributed by atoms with van der Waals surface area (Å²) in [5, 5.41) is 3.26. The van der Waals surface area contributed by atoms with E-state index in [1.807, 2.05) is 48.5 Å². The number of para-hydroxylation sites is 3. The van der Waals surface area contributed by atoms with Crippen LogP contribution < -0.4 is 15.0 Å². The van der Waals surface area contributed by atoms with E-state index in [2.05, 4.69) is 5.32 Å². The standard InChI is InChI=1S/C22H18N2O3/c25-21-17-10-4-5-11-18(17)22(26)24(21)20-13-7-6-12-19(20)23-14-15-27-16-8-2-1-3-9-16/h1-13,23H,14-15H2. The van der Waals surface area contributed by atoms with Gasteiger partial charge in [-0.15, -0.1) is 0 Å². The Labute approximate surface area is 157 Å². The van der Waals surface area contributed by atoms with E-state index in [4.69, 9.17) is 4.74 Å². The molecule has 134 valence electrons. The fourth-order valence-electron chi connectivity index (χ4n) is 3.10. The average molecular weight is 358 g/mol. The van der Waals surface area contributed by atoms with Crippen LogP contribution in [0, 0.1) is 0 Å². The van der Waals surface area contributed by atoms with Crippen LogP contribution in [0.1, 0.15) is 20.7 Å². The van der Waals surface area contributed by atoms with Gasteiger partial charge in [0, 0.05) is 6.54 Å². The number of benzene rings is 3. The molecule has 0 fully saturated rings. The zero-order chi connectivity index (χ0) is 18.6. The van der Waals surface area contributed by atoms with Crippen LogP contribution in [0.3, 0.4) is 0 Å². The molecular weight excluding hydrogens is 340 g/mol. The third-order valence-electron chi connectivity index (χ3n) is 4.37. The minimum absolute atomic E-state index is 0.301. The Kier molecular flexibility index (Phi) is 4.58. The number of imide groups is 1. The molecule has 27 heavy (non-hydrogen) atoms. The summed E-state index contributed by atoms with van der Waals surface area (Å²) < 4.78 is 5.68. The van der Waals surface area contributed by atoms with Gasteiger partial charge in [-0.1, -0.05) is 42.5 Å². The van der Waals surface area contributed by atoms with Gasteiger partial charge in [0.25, 0.3) is 11.8 Å². The predicted octanol–water partition coefficient (Wildman–Crippen LogP) is 3.98. The van der Waals surface area contributed by atoms with Crippen molar-refractivity contribution >= 4 is 23.2 Å². The number of anilines is 2. The molecule has 0 aromatic heterocycles. The molecule has 4 rings (SSSR count). The minimum atomic E-state index is -0.301. The van der Waals surface area contributed by atoms with Crippen LogP contribution in [-0.2, 0) is 0 Å². The molecule has 5 heteroatoms. The van der Waals surface area contributed by atoms with Gasteiger partial charge in [0.1, 0.15) is 12.4 Å². The first-order valence-electron chi connectivity index (χ1n) is 8.74. The zero-order valence-electron chi connectivity index (χ0n) is 14.6. The van der Waals surface area contributed by atoms with Crippen molar-refractivity contribution in [3.63, 3.8) is 0 Å². The third-order valence-corrected chi connectivity index (χ3v) is 4.37. The van der Waals surface area contributed by atoms with Crippen LogP contribution >= 0.6 is 0 Å². The second-order valence-electron chi connectivity index (χ2n) is 6.10. The van der Waals surface area contributed by atoms with Crippen molar-refractivity contribution in [2.45, 2.75) is 0 Å². The van der Waals surface area contributed by atoms with Gasteiger partial charge in [-0.25, -0.2) is 4.90 Å². The van der Waals surface area contributed by atoms with E-state index in [0.717, 1.165) is 5.75 Å². The molecule has 0 aliphatic carbocycles. The number of carbonyl (C=O) groups excluding carboxylic acids is 2. The number of rotatable bonds is 6. The summed E-state index contributed by atoms with van der Waals surface area (Å²) in [4.78, 5) is 26.7. The van der Waals surface area contributed by atoms with Crippen molar-refractivity contribution in [1.82, 2.24) is 0 Å². The van der Waals surface area contributed by atoms with Gasteiger partial charge in [-0.05, 0) is 36.4 Å². The molecule has 0 saturated heterocycles. The normalized spacial score (nSPS) is 12.8. The van der Waals surface area contributed by atoms with Gasteiger partial charge >= 0.3 is 0 Å². The summed E-state index contributed by atoms with van der Waals surface area (Å²) in [5.41, 5.74) is 2.13. The number of hydrogen-bond donors (Lipinski definition) is 1. The molecule has 0 spiro atoms. The van der Waals surface area contributed by atoms with Crippen molar-refractivity contribution in [1.29, 1.82) is 0 Å². The van der Waals surface area contributed by atoms with Crippen molar-refractivity contribution in [3.05, 3.63) is 90.0 Å². The van der Waals surface area contributed by atoms with Crippen LogP contribution in [0.25, 0.3) is 0 Å². The fraction of sp³-hybridized carbons (Fsp3) is 0.0909. The van der Waals surface area contributed by atoms with Crippen LogP contribution in [-0.4, -0.2) is 25.0 Å². The number of carbonyl (C=O) groups is 2. The number of ether oxygens (including phenoxy) is 1. The maximum atomic E-state index is 12.7. The molecular formula is C22H18N2O3. The average Bonchev–Trinajstić information content (AvgIpc) is 2.97. The van der Waals surface area contributed by atoms with E-state index in [1.54, 1.807) is 30.3 Å². The van der Waals surface area contributed by atoms with Crippen molar-refractivity contribution in [2.75, 3.05) is 23.4 Å². The van der Waals surface area contributed by atoms with Gasteiger partial charge in [0.15, 0.2) is 0 Å². The molecule has 3 aromatic carbocycles. The highest BCUT2D eigenvalue weighted by Crippen LogP contribution is 2.33. The van der Waals surface area contributed by atoms with Gasteiger partial charge in [0.05, 0.1) is 22.5 Å². The van der Waals surface area contributed by atoms with Crippen molar-refractivity contribution in [2.24, 2.45) is 0 Å². The molecule has 1 aliphatic heterocycles. The molecule has 2 amide bonds. The molecule has 1 heterocycles. The maximum Gasteiger partial charge on any atom is 0.266 e. The van der Waals surface area contributed by atoms with Crippen LogP contribution in [0.5, 0.6) is 5.75 Å². The maximum absolute atomic E-state index is 12.7. The SMILES string of the molecule is O=C1c2ccccc2C(=O)N1c1ccccc1NCCOc1ccccc1. The molecule has 1 aliphatic rings. The fourth-order valence-corrected chi connectivity index (χ4v) is 3.10. The number of hydrogen-bond acceptors (Lipinski definition) is 4. The molecule has 3 aromatic rings. The van der Waals surface area contributed by atoms with Crippen molar-refractivity contribution in [3.8, 4) is 5.75 Å². The lowest BCUT2D eigenvalue weighted by atomic mass is 10.1. The molecule has 5 nitrogen and oxygen atoms in total. The van der Waals surface area contributed by atoms with E-state index >= 15 is 0 Å². The highest BCUT2D eigenvalue weighted by Gasteiger charge is 2.37. The van der Waals surface area contributed by atoms with E-state index in [0.29, 0.717) is 35.7 Å². The highest BCUT2D eigenvalue weighted by atomic mass is 16.5. The molecule has 1 N–H and O–H groups in total. The lowest BCUT2D eigenvalue weighted by molar-refractivity contribution is 0.0926. The first kappa shape index (κ1) is 16.8. The molecule has 0 bridgehead atoms. The second kappa shape index (κ2) is 7.33. The summed E-state index contributed by atoms with van der Waals surface area (Å²) in [6.45, 7) is 0.996. The van der Waals surface area contributed by atoms with Crippen molar-refractivity contribution < 1.29 is 14.3 Å². The number of amides is 2. The lowest BCUT2D eigenvalue weighted by Crippen LogP contribution is -2.30. The van der Waals surface area contributed by atoms with E-state index in [1.165, 1.54) is 4.90 Å². The lowest BCUT2D eigenvalue weighted by Gasteiger charge is -2.19. The first-order valence-corrected chi connectivity index (χ1v) is 8.74. The Morgan fingerprint density at radius 3 is 2.04 bits per heavy atom. The molecule has 0 atom stereocenters. The number of nitrogens with one attached hydrogen (secondary N) is 1. The Hall–Kier alpha value is -3.60. The quantitative estimate of drug-likeness (QED) is 0.535. The summed E-state index contributed by atoms with van der Waals surface area (Å²) in [5.74, 6) is 0.198. The van der Waals surface area contributed by atoms with E-state index in [9.17, 15) is 9.59 Å². The monoisotopic (exact) mass is 358 g/mol. The smallest absolute Gasteiger partial charge is 0.266 e. The first-order chi connectivity index (χ1) is 13.3. The number of fused-ring (bicyclic) bond motifs is 1. The summed E-state index contributed by atoms with van der Waals surface area (Å²) in [6.07, 6.45) is 0. The van der Waals surface area contributed by atoms with Crippen LogP contribution in [0.15, 0.2) is 78.9 Å². The van der Waals surface area contributed by atoms with Gasteiger partial charge in [0.2, 0.25) is 0 Å². The largest absolute Gasteiger partial charge is 0.492 e. The molecule has 0 saturated carbocycles. The van der Waals surface area contributed by atoms with Crippen LogP contribution in [0.2, 0.25) is 0 Å². The predicted molar refractivity (Wildman–Crippen MR) is 104 cm³/mol. The number of nitrogens with zero attached hydrogens (tertiary/aromatic N) is 1. The van der Waals surface area contributed by atoms with Gasteiger partial charge in [-0.3, -0.25) is 9.59 Å². The second-order valence-corrected chi connectivity index (χ2v) is 6.10. The Balaban J connectivity index is 1.49. The van der Waals surface area contributed by atoms with Gasteiger partial charge in [-0.2, -0.15) is 0 Å².